The quantitative estimate of drug-likeness (QED) is 0.825. The first-order chi connectivity index (χ1) is 7.45. The second-order valence-electron chi connectivity index (χ2n) is 3.49. The first-order valence-corrected chi connectivity index (χ1v) is 6.45. The van der Waals surface area contributed by atoms with E-state index < -0.39 is 10.0 Å². The molecule has 0 spiro atoms. The zero-order valence-corrected chi connectivity index (χ0v) is 9.87. The molecule has 0 heterocycles. The van der Waals surface area contributed by atoms with Gasteiger partial charge in [-0.15, -0.1) is 0 Å². The van der Waals surface area contributed by atoms with Gasteiger partial charge in [-0.3, -0.25) is 0 Å². The Morgan fingerprint density at radius 1 is 1.31 bits per heavy atom. The summed E-state index contributed by atoms with van der Waals surface area (Å²) in [6, 6.07) is 5.73. The third-order valence-electron chi connectivity index (χ3n) is 2.17. The summed E-state index contributed by atoms with van der Waals surface area (Å²) in [5.74, 6) is -0.416. The van der Waals surface area contributed by atoms with Gasteiger partial charge in [-0.1, -0.05) is 12.1 Å². The van der Waals surface area contributed by atoms with E-state index in [4.69, 9.17) is 5.73 Å². The summed E-state index contributed by atoms with van der Waals surface area (Å²) >= 11 is 0. The summed E-state index contributed by atoms with van der Waals surface area (Å²) in [7, 11) is -1.82. The van der Waals surface area contributed by atoms with Crippen molar-refractivity contribution >= 4 is 10.0 Å². The molecule has 1 rings (SSSR count). The number of sulfonamides is 1. The predicted molar refractivity (Wildman–Crippen MR) is 60.7 cm³/mol. The molecule has 0 saturated heterocycles. The van der Waals surface area contributed by atoms with Crippen molar-refractivity contribution in [3.05, 3.63) is 35.6 Å². The van der Waals surface area contributed by atoms with Crippen LogP contribution >= 0.6 is 0 Å². The Hall–Kier alpha value is -0.980. The maximum absolute atomic E-state index is 12.6. The highest BCUT2D eigenvalue weighted by Crippen LogP contribution is 2.08. The lowest BCUT2D eigenvalue weighted by Crippen LogP contribution is -2.31. The van der Waals surface area contributed by atoms with E-state index in [-0.39, 0.29) is 24.7 Å². The first kappa shape index (κ1) is 13.1. The lowest BCUT2D eigenvalue weighted by Gasteiger charge is -2.16. The molecule has 6 heteroatoms. The highest BCUT2D eigenvalue weighted by Gasteiger charge is 2.16. The summed E-state index contributed by atoms with van der Waals surface area (Å²) in [5, 5.41) is 0. The standard InChI is InChI=1S/C10H15FN2O2S/c1-13(16(14,15)7-6-12)8-9-2-4-10(11)5-3-9/h2-5H,6-8,12H2,1H3. The van der Waals surface area contributed by atoms with Crippen molar-refractivity contribution in [2.75, 3.05) is 19.3 Å². The molecule has 1 aromatic rings. The number of benzene rings is 1. The largest absolute Gasteiger partial charge is 0.329 e. The number of rotatable bonds is 5. The molecule has 0 aromatic heterocycles. The average Bonchev–Trinajstić information content (AvgIpc) is 2.21. The molecular formula is C10H15FN2O2S. The van der Waals surface area contributed by atoms with Crippen LogP contribution < -0.4 is 5.73 Å². The lowest BCUT2D eigenvalue weighted by atomic mass is 10.2. The number of nitrogens with zero attached hydrogens (tertiary/aromatic N) is 1. The van der Waals surface area contributed by atoms with E-state index in [1.165, 1.54) is 23.5 Å². The molecule has 0 aliphatic heterocycles. The van der Waals surface area contributed by atoms with E-state index in [0.717, 1.165) is 5.56 Å². The summed E-state index contributed by atoms with van der Waals surface area (Å²) in [6.07, 6.45) is 0. The van der Waals surface area contributed by atoms with Crippen molar-refractivity contribution in [3.8, 4) is 0 Å². The minimum Gasteiger partial charge on any atom is -0.329 e. The number of halogens is 1. The topological polar surface area (TPSA) is 63.4 Å². The van der Waals surface area contributed by atoms with Gasteiger partial charge in [0.15, 0.2) is 0 Å². The van der Waals surface area contributed by atoms with Crippen molar-refractivity contribution in [1.82, 2.24) is 4.31 Å². The molecule has 0 saturated carbocycles. The molecule has 16 heavy (non-hydrogen) atoms. The van der Waals surface area contributed by atoms with Crippen molar-refractivity contribution < 1.29 is 12.8 Å². The fourth-order valence-corrected chi connectivity index (χ4v) is 2.21. The van der Waals surface area contributed by atoms with Gasteiger partial charge >= 0.3 is 0 Å². The maximum atomic E-state index is 12.6. The van der Waals surface area contributed by atoms with E-state index in [9.17, 15) is 12.8 Å². The second kappa shape index (κ2) is 5.38. The molecule has 0 bridgehead atoms. The van der Waals surface area contributed by atoms with Gasteiger partial charge in [-0.2, -0.15) is 0 Å². The Morgan fingerprint density at radius 3 is 2.38 bits per heavy atom. The van der Waals surface area contributed by atoms with Gasteiger partial charge in [0.1, 0.15) is 5.82 Å². The van der Waals surface area contributed by atoms with Crippen LogP contribution in [0, 0.1) is 5.82 Å². The van der Waals surface area contributed by atoms with E-state index in [1.807, 2.05) is 0 Å². The molecule has 1 aromatic carbocycles. The molecule has 0 unspecified atom stereocenters. The van der Waals surface area contributed by atoms with E-state index in [2.05, 4.69) is 0 Å². The van der Waals surface area contributed by atoms with Crippen LogP contribution in [-0.2, 0) is 16.6 Å². The highest BCUT2D eigenvalue weighted by molar-refractivity contribution is 7.89. The Labute approximate surface area is 94.9 Å². The van der Waals surface area contributed by atoms with Crippen LogP contribution in [0.1, 0.15) is 5.56 Å². The van der Waals surface area contributed by atoms with Crippen LogP contribution in [0.4, 0.5) is 4.39 Å². The summed E-state index contributed by atoms with van der Waals surface area (Å²) < 4.78 is 37.0. The van der Waals surface area contributed by atoms with E-state index in [0.29, 0.717) is 0 Å². The van der Waals surface area contributed by atoms with Crippen LogP contribution in [0.5, 0.6) is 0 Å². The molecule has 0 atom stereocenters. The number of hydrogen-bond donors (Lipinski definition) is 1. The molecule has 0 aliphatic carbocycles. The third kappa shape index (κ3) is 3.55. The third-order valence-corrected chi connectivity index (χ3v) is 4.00. The first-order valence-electron chi connectivity index (χ1n) is 4.84. The Balaban J connectivity index is 2.71. The maximum Gasteiger partial charge on any atom is 0.215 e. The van der Waals surface area contributed by atoms with Crippen molar-refractivity contribution in [2.24, 2.45) is 5.73 Å². The number of hydrogen-bond acceptors (Lipinski definition) is 3. The Bertz CT molecular complexity index is 431. The fourth-order valence-electron chi connectivity index (χ4n) is 1.25. The monoisotopic (exact) mass is 246 g/mol. The molecule has 0 fully saturated rings. The van der Waals surface area contributed by atoms with Crippen LogP contribution in [0.25, 0.3) is 0 Å². The number of nitrogens with two attached hydrogens (primary N) is 1. The highest BCUT2D eigenvalue weighted by atomic mass is 32.2. The second-order valence-corrected chi connectivity index (χ2v) is 5.68. The minimum absolute atomic E-state index is 0.0787. The predicted octanol–water partition coefficient (Wildman–Crippen LogP) is 0.546. The summed E-state index contributed by atoms with van der Waals surface area (Å²) in [5.41, 5.74) is 5.95. The van der Waals surface area contributed by atoms with Gasteiger partial charge in [-0.05, 0) is 17.7 Å². The van der Waals surface area contributed by atoms with Gasteiger partial charge in [0.2, 0.25) is 10.0 Å². The van der Waals surface area contributed by atoms with E-state index in [1.54, 1.807) is 12.1 Å². The molecule has 0 amide bonds. The summed E-state index contributed by atoms with van der Waals surface area (Å²) in [4.78, 5) is 0. The normalized spacial score (nSPS) is 12.0. The van der Waals surface area contributed by atoms with Crippen LogP contribution in [0.3, 0.4) is 0 Å². The zero-order valence-electron chi connectivity index (χ0n) is 9.06. The van der Waals surface area contributed by atoms with Crippen molar-refractivity contribution in [3.63, 3.8) is 0 Å². The van der Waals surface area contributed by atoms with Gasteiger partial charge in [0.05, 0.1) is 5.75 Å². The summed E-state index contributed by atoms with van der Waals surface area (Å²) in [6.45, 7) is 0.318. The van der Waals surface area contributed by atoms with Gasteiger partial charge < -0.3 is 5.73 Å². The zero-order chi connectivity index (χ0) is 12.2. The average molecular weight is 246 g/mol. The molecule has 90 valence electrons. The van der Waals surface area contributed by atoms with Gasteiger partial charge in [-0.25, -0.2) is 17.1 Å². The molecule has 2 N–H and O–H groups in total. The fraction of sp³-hybridized carbons (Fsp3) is 0.400. The van der Waals surface area contributed by atoms with Gasteiger partial charge in [0, 0.05) is 20.1 Å². The van der Waals surface area contributed by atoms with Gasteiger partial charge in [0.25, 0.3) is 0 Å². The van der Waals surface area contributed by atoms with Crippen molar-refractivity contribution in [1.29, 1.82) is 0 Å². The lowest BCUT2D eigenvalue weighted by molar-refractivity contribution is 0.466. The molecule has 0 aliphatic rings. The molecule has 0 radical (unpaired) electrons. The van der Waals surface area contributed by atoms with Crippen LogP contribution in [-0.4, -0.2) is 32.1 Å². The Kier molecular flexibility index (Phi) is 4.40. The molecular weight excluding hydrogens is 231 g/mol. The van der Waals surface area contributed by atoms with Crippen LogP contribution in [0.15, 0.2) is 24.3 Å². The smallest absolute Gasteiger partial charge is 0.215 e. The minimum atomic E-state index is -3.30. The molecule has 4 nitrogen and oxygen atoms in total. The van der Waals surface area contributed by atoms with E-state index >= 15 is 0 Å². The van der Waals surface area contributed by atoms with Crippen LogP contribution in [0.2, 0.25) is 0 Å². The SMILES string of the molecule is CN(Cc1ccc(F)cc1)S(=O)(=O)CCN. The van der Waals surface area contributed by atoms with Crippen molar-refractivity contribution in [2.45, 2.75) is 6.54 Å². The Morgan fingerprint density at radius 2 is 1.88 bits per heavy atom.